The molecule has 0 unspecified atom stereocenters. The molecule has 0 fully saturated rings. The standard InChI is InChI=1S/C14H9BrClF2NO/c15-10-5-4-9(16)7-12(10)19-13(20)6-8-2-1-3-11(17)14(8)18/h1-5,7H,6H2,(H,19,20). The van der Waals surface area contributed by atoms with Crippen LogP contribution in [-0.4, -0.2) is 5.91 Å². The lowest BCUT2D eigenvalue weighted by atomic mass is 10.1. The molecule has 2 aromatic rings. The Bertz CT molecular complexity index is 658. The number of halogens is 4. The van der Waals surface area contributed by atoms with Gasteiger partial charge < -0.3 is 5.32 Å². The van der Waals surface area contributed by atoms with Gasteiger partial charge in [0.2, 0.25) is 5.91 Å². The van der Waals surface area contributed by atoms with E-state index in [4.69, 9.17) is 11.6 Å². The van der Waals surface area contributed by atoms with Crippen LogP contribution in [0.25, 0.3) is 0 Å². The Morgan fingerprint density at radius 2 is 2.00 bits per heavy atom. The van der Waals surface area contributed by atoms with Crippen molar-refractivity contribution in [2.24, 2.45) is 0 Å². The highest BCUT2D eigenvalue weighted by atomic mass is 79.9. The third kappa shape index (κ3) is 3.55. The summed E-state index contributed by atoms with van der Waals surface area (Å²) < 4.78 is 27.1. The first kappa shape index (κ1) is 14.9. The Morgan fingerprint density at radius 3 is 2.75 bits per heavy atom. The molecule has 0 aliphatic rings. The van der Waals surface area contributed by atoms with E-state index in [1.165, 1.54) is 12.1 Å². The summed E-state index contributed by atoms with van der Waals surface area (Å²) in [5.74, 6) is -2.44. The van der Waals surface area contributed by atoms with E-state index in [1.54, 1.807) is 18.2 Å². The summed E-state index contributed by atoms with van der Waals surface area (Å²) in [6.07, 6.45) is -0.261. The Morgan fingerprint density at radius 1 is 1.25 bits per heavy atom. The molecule has 0 bridgehead atoms. The predicted molar refractivity (Wildman–Crippen MR) is 77.8 cm³/mol. The van der Waals surface area contributed by atoms with Gasteiger partial charge in [0.15, 0.2) is 11.6 Å². The molecular formula is C14H9BrClF2NO. The first-order valence-corrected chi connectivity index (χ1v) is 6.82. The molecule has 6 heteroatoms. The smallest absolute Gasteiger partial charge is 0.228 e. The predicted octanol–water partition coefficient (Wildman–Crippen LogP) is 4.56. The van der Waals surface area contributed by atoms with E-state index in [0.717, 1.165) is 6.07 Å². The van der Waals surface area contributed by atoms with E-state index < -0.39 is 17.5 Å². The zero-order valence-electron chi connectivity index (χ0n) is 10.1. The highest BCUT2D eigenvalue weighted by Gasteiger charge is 2.12. The van der Waals surface area contributed by atoms with Gasteiger partial charge in [-0.1, -0.05) is 23.7 Å². The van der Waals surface area contributed by atoms with Gasteiger partial charge in [0, 0.05) is 15.1 Å². The highest BCUT2D eigenvalue weighted by molar-refractivity contribution is 9.10. The van der Waals surface area contributed by atoms with Crippen molar-refractivity contribution in [2.75, 3.05) is 5.32 Å². The summed E-state index contributed by atoms with van der Waals surface area (Å²) in [5.41, 5.74) is 0.472. The Balaban J connectivity index is 2.13. The number of anilines is 1. The number of hydrogen-bond acceptors (Lipinski definition) is 1. The van der Waals surface area contributed by atoms with E-state index in [9.17, 15) is 13.6 Å². The zero-order valence-corrected chi connectivity index (χ0v) is 12.4. The molecule has 1 N–H and O–H groups in total. The SMILES string of the molecule is O=C(Cc1cccc(F)c1F)Nc1cc(Cl)ccc1Br. The van der Waals surface area contributed by atoms with E-state index >= 15 is 0 Å². The molecule has 0 aromatic heterocycles. The lowest BCUT2D eigenvalue weighted by Crippen LogP contribution is -2.15. The van der Waals surface area contributed by atoms with Crippen LogP contribution in [0.3, 0.4) is 0 Å². The second-order valence-electron chi connectivity index (χ2n) is 4.06. The van der Waals surface area contributed by atoms with Gasteiger partial charge in [-0.15, -0.1) is 0 Å². The number of nitrogens with one attached hydrogen (secondary N) is 1. The summed E-state index contributed by atoms with van der Waals surface area (Å²) in [6, 6.07) is 8.63. The monoisotopic (exact) mass is 359 g/mol. The molecule has 2 aromatic carbocycles. The lowest BCUT2D eigenvalue weighted by Gasteiger charge is -2.08. The summed E-state index contributed by atoms with van der Waals surface area (Å²) in [4.78, 5) is 11.8. The van der Waals surface area contributed by atoms with Crippen molar-refractivity contribution in [1.82, 2.24) is 0 Å². The van der Waals surface area contributed by atoms with Crippen molar-refractivity contribution >= 4 is 39.1 Å². The average Bonchev–Trinajstić information content (AvgIpc) is 2.39. The maximum absolute atomic E-state index is 13.5. The minimum atomic E-state index is -1.01. The van der Waals surface area contributed by atoms with Gasteiger partial charge in [0.25, 0.3) is 0 Å². The molecule has 0 saturated carbocycles. The molecule has 2 nitrogen and oxygen atoms in total. The number of benzene rings is 2. The first-order valence-electron chi connectivity index (χ1n) is 5.65. The fourth-order valence-electron chi connectivity index (χ4n) is 1.65. The van der Waals surface area contributed by atoms with Crippen LogP contribution in [0.15, 0.2) is 40.9 Å². The van der Waals surface area contributed by atoms with Gasteiger partial charge >= 0.3 is 0 Å². The van der Waals surface area contributed by atoms with Gasteiger partial charge in [-0.25, -0.2) is 8.78 Å². The Hall–Kier alpha value is -1.46. The number of amides is 1. The Labute approximate surface area is 127 Å². The van der Waals surface area contributed by atoms with Gasteiger partial charge in [-0.05, 0) is 40.2 Å². The molecule has 2 rings (SSSR count). The molecule has 0 spiro atoms. The Kier molecular flexibility index (Phi) is 4.73. The highest BCUT2D eigenvalue weighted by Crippen LogP contribution is 2.26. The number of rotatable bonds is 3. The largest absolute Gasteiger partial charge is 0.325 e. The van der Waals surface area contributed by atoms with Crippen LogP contribution in [0.5, 0.6) is 0 Å². The maximum atomic E-state index is 13.5. The second kappa shape index (κ2) is 6.33. The van der Waals surface area contributed by atoms with Crippen molar-refractivity contribution in [3.05, 3.63) is 63.1 Å². The zero-order chi connectivity index (χ0) is 14.7. The molecule has 0 saturated heterocycles. The summed E-state index contributed by atoms with van der Waals surface area (Å²) in [5, 5.41) is 3.05. The van der Waals surface area contributed by atoms with Crippen LogP contribution >= 0.6 is 27.5 Å². The molecule has 104 valence electrons. The maximum Gasteiger partial charge on any atom is 0.228 e. The van der Waals surface area contributed by atoms with Crippen LogP contribution in [0.2, 0.25) is 5.02 Å². The van der Waals surface area contributed by atoms with Crippen LogP contribution in [0, 0.1) is 11.6 Å². The van der Waals surface area contributed by atoms with Crippen LogP contribution in [0.4, 0.5) is 14.5 Å². The molecule has 20 heavy (non-hydrogen) atoms. The first-order chi connectivity index (χ1) is 9.47. The molecule has 0 atom stereocenters. The van der Waals surface area contributed by atoms with Crippen LogP contribution in [0.1, 0.15) is 5.56 Å². The van der Waals surface area contributed by atoms with E-state index in [-0.39, 0.29) is 12.0 Å². The van der Waals surface area contributed by atoms with Gasteiger partial charge in [-0.3, -0.25) is 4.79 Å². The minimum Gasteiger partial charge on any atom is -0.325 e. The van der Waals surface area contributed by atoms with E-state index in [0.29, 0.717) is 15.2 Å². The number of carbonyl (C=O) groups excluding carboxylic acids is 1. The third-order valence-electron chi connectivity index (χ3n) is 2.59. The number of carbonyl (C=O) groups is 1. The fourth-order valence-corrected chi connectivity index (χ4v) is 2.16. The molecule has 0 aliphatic heterocycles. The van der Waals surface area contributed by atoms with Crippen molar-refractivity contribution in [3.63, 3.8) is 0 Å². The molecule has 0 radical (unpaired) electrons. The summed E-state index contributed by atoms with van der Waals surface area (Å²) in [7, 11) is 0. The average molecular weight is 361 g/mol. The fraction of sp³-hybridized carbons (Fsp3) is 0.0714. The molecular weight excluding hydrogens is 352 g/mol. The topological polar surface area (TPSA) is 29.1 Å². The van der Waals surface area contributed by atoms with Gasteiger partial charge in [0.05, 0.1) is 12.1 Å². The van der Waals surface area contributed by atoms with E-state index in [2.05, 4.69) is 21.2 Å². The summed E-state index contributed by atoms with van der Waals surface area (Å²) >= 11 is 9.09. The minimum absolute atomic E-state index is 0.000602. The summed E-state index contributed by atoms with van der Waals surface area (Å²) in [6.45, 7) is 0. The van der Waals surface area contributed by atoms with Gasteiger partial charge in [0.1, 0.15) is 0 Å². The lowest BCUT2D eigenvalue weighted by molar-refractivity contribution is -0.115. The quantitative estimate of drug-likeness (QED) is 0.854. The third-order valence-corrected chi connectivity index (χ3v) is 3.51. The van der Waals surface area contributed by atoms with Crippen molar-refractivity contribution in [3.8, 4) is 0 Å². The second-order valence-corrected chi connectivity index (χ2v) is 5.35. The van der Waals surface area contributed by atoms with Crippen LogP contribution in [-0.2, 0) is 11.2 Å². The number of hydrogen-bond donors (Lipinski definition) is 1. The van der Waals surface area contributed by atoms with Crippen molar-refractivity contribution in [1.29, 1.82) is 0 Å². The van der Waals surface area contributed by atoms with Crippen molar-refractivity contribution in [2.45, 2.75) is 6.42 Å². The normalized spacial score (nSPS) is 10.4. The van der Waals surface area contributed by atoms with Gasteiger partial charge in [-0.2, -0.15) is 0 Å². The van der Waals surface area contributed by atoms with Crippen LogP contribution < -0.4 is 5.32 Å². The molecule has 0 aliphatic carbocycles. The van der Waals surface area contributed by atoms with E-state index in [1.807, 2.05) is 0 Å². The van der Waals surface area contributed by atoms with Crippen molar-refractivity contribution < 1.29 is 13.6 Å². The molecule has 0 heterocycles. The molecule has 1 amide bonds.